The van der Waals surface area contributed by atoms with Gasteiger partial charge in [0.05, 0.1) is 0 Å². The Morgan fingerprint density at radius 3 is 2.86 bits per heavy atom. The standard InChI is InChI=1S/C10H14FNO2/c1-13-10(6-12)7-14-9-4-2-3-8(11)5-9/h2-5,10H,6-7,12H2,1H3. The maximum Gasteiger partial charge on any atom is 0.126 e. The highest BCUT2D eigenvalue weighted by molar-refractivity contribution is 5.22. The normalized spacial score (nSPS) is 12.5. The summed E-state index contributed by atoms with van der Waals surface area (Å²) in [6.45, 7) is 0.711. The van der Waals surface area contributed by atoms with Gasteiger partial charge in [-0.15, -0.1) is 0 Å². The minimum atomic E-state index is -0.316. The number of hydrogen-bond acceptors (Lipinski definition) is 3. The van der Waals surface area contributed by atoms with Crippen LogP contribution in [-0.2, 0) is 4.74 Å². The molecule has 0 heterocycles. The van der Waals surface area contributed by atoms with E-state index in [2.05, 4.69) is 0 Å². The predicted octanol–water partition coefficient (Wildman–Crippen LogP) is 1.18. The molecule has 0 fully saturated rings. The Balaban J connectivity index is 2.44. The van der Waals surface area contributed by atoms with Crippen molar-refractivity contribution in [2.45, 2.75) is 6.10 Å². The number of rotatable bonds is 5. The van der Waals surface area contributed by atoms with Crippen LogP contribution in [0.4, 0.5) is 4.39 Å². The van der Waals surface area contributed by atoms with Crippen molar-refractivity contribution in [2.24, 2.45) is 5.73 Å². The van der Waals surface area contributed by atoms with Gasteiger partial charge in [0.1, 0.15) is 24.3 Å². The molecule has 0 spiro atoms. The fourth-order valence-electron chi connectivity index (χ4n) is 0.978. The van der Waals surface area contributed by atoms with Crippen LogP contribution in [0.15, 0.2) is 24.3 Å². The Hall–Kier alpha value is -1.13. The Kier molecular flexibility index (Phi) is 4.35. The third-order valence-electron chi connectivity index (χ3n) is 1.83. The molecule has 0 saturated carbocycles. The Morgan fingerprint density at radius 2 is 2.29 bits per heavy atom. The zero-order valence-corrected chi connectivity index (χ0v) is 8.07. The van der Waals surface area contributed by atoms with E-state index in [-0.39, 0.29) is 11.9 Å². The zero-order valence-electron chi connectivity index (χ0n) is 8.07. The van der Waals surface area contributed by atoms with Crippen molar-refractivity contribution >= 4 is 0 Å². The first kappa shape index (κ1) is 10.9. The molecule has 0 radical (unpaired) electrons. The monoisotopic (exact) mass is 199 g/mol. The first-order valence-corrected chi connectivity index (χ1v) is 4.37. The molecule has 14 heavy (non-hydrogen) atoms. The van der Waals surface area contributed by atoms with Crippen LogP contribution in [0.3, 0.4) is 0 Å². The zero-order chi connectivity index (χ0) is 10.4. The van der Waals surface area contributed by atoms with Crippen molar-refractivity contribution in [3.05, 3.63) is 30.1 Å². The number of halogens is 1. The van der Waals surface area contributed by atoms with Crippen molar-refractivity contribution in [2.75, 3.05) is 20.3 Å². The van der Waals surface area contributed by atoms with Crippen molar-refractivity contribution in [1.29, 1.82) is 0 Å². The van der Waals surface area contributed by atoms with Gasteiger partial charge in [-0.05, 0) is 12.1 Å². The van der Waals surface area contributed by atoms with Gasteiger partial charge < -0.3 is 15.2 Å². The minimum absolute atomic E-state index is 0.154. The third kappa shape index (κ3) is 3.32. The third-order valence-corrected chi connectivity index (χ3v) is 1.83. The summed E-state index contributed by atoms with van der Waals surface area (Å²) in [4.78, 5) is 0. The second-order valence-electron chi connectivity index (χ2n) is 2.86. The summed E-state index contributed by atoms with van der Waals surface area (Å²) in [5, 5.41) is 0. The van der Waals surface area contributed by atoms with Crippen LogP contribution >= 0.6 is 0 Å². The summed E-state index contributed by atoms with van der Waals surface area (Å²) in [6, 6.07) is 5.97. The SMILES string of the molecule is COC(CN)COc1cccc(F)c1. The summed E-state index contributed by atoms with van der Waals surface area (Å²) in [6.07, 6.45) is -0.154. The number of hydrogen-bond donors (Lipinski definition) is 1. The lowest BCUT2D eigenvalue weighted by molar-refractivity contribution is 0.0643. The molecule has 0 saturated heterocycles. The molecule has 1 atom stereocenters. The van der Waals surface area contributed by atoms with E-state index in [1.807, 2.05) is 0 Å². The van der Waals surface area contributed by atoms with Crippen LogP contribution in [0.25, 0.3) is 0 Å². The molecule has 2 N–H and O–H groups in total. The highest BCUT2D eigenvalue weighted by Crippen LogP contribution is 2.12. The molecule has 1 rings (SSSR count). The second kappa shape index (κ2) is 5.57. The van der Waals surface area contributed by atoms with Gasteiger partial charge in [0, 0.05) is 19.7 Å². The first-order chi connectivity index (χ1) is 6.76. The highest BCUT2D eigenvalue weighted by Gasteiger charge is 2.05. The number of methoxy groups -OCH3 is 1. The van der Waals surface area contributed by atoms with Crippen LogP contribution in [0, 0.1) is 5.82 Å². The quantitative estimate of drug-likeness (QED) is 0.774. The van der Waals surface area contributed by atoms with Crippen LogP contribution in [0.5, 0.6) is 5.75 Å². The molecular formula is C10H14FNO2. The molecule has 0 aromatic heterocycles. The van der Waals surface area contributed by atoms with E-state index >= 15 is 0 Å². The molecule has 0 bridgehead atoms. The van der Waals surface area contributed by atoms with E-state index in [1.54, 1.807) is 19.2 Å². The molecule has 4 heteroatoms. The lowest BCUT2D eigenvalue weighted by atomic mass is 10.3. The number of ether oxygens (including phenoxy) is 2. The van der Waals surface area contributed by atoms with Gasteiger partial charge in [-0.1, -0.05) is 6.07 Å². The smallest absolute Gasteiger partial charge is 0.126 e. The Labute approximate surface area is 82.6 Å². The highest BCUT2D eigenvalue weighted by atomic mass is 19.1. The molecular weight excluding hydrogens is 185 g/mol. The summed E-state index contributed by atoms with van der Waals surface area (Å²) >= 11 is 0. The molecule has 1 aromatic carbocycles. The van der Waals surface area contributed by atoms with Crippen LogP contribution in [0.2, 0.25) is 0 Å². The molecule has 1 unspecified atom stereocenters. The van der Waals surface area contributed by atoms with E-state index in [4.69, 9.17) is 15.2 Å². The van der Waals surface area contributed by atoms with Gasteiger partial charge in [-0.25, -0.2) is 4.39 Å². The average Bonchev–Trinajstić information content (AvgIpc) is 2.19. The molecule has 3 nitrogen and oxygen atoms in total. The first-order valence-electron chi connectivity index (χ1n) is 4.37. The number of nitrogens with two attached hydrogens (primary N) is 1. The molecule has 0 amide bonds. The van der Waals surface area contributed by atoms with Crippen molar-refractivity contribution in [3.63, 3.8) is 0 Å². The van der Waals surface area contributed by atoms with Gasteiger partial charge in [0.2, 0.25) is 0 Å². The molecule has 0 aliphatic carbocycles. The number of benzene rings is 1. The van der Waals surface area contributed by atoms with E-state index in [0.717, 1.165) is 0 Å². The summed E-state index contributed by atoms with van der Waals surface area (Å²) in [7, 11) is 1.56. The maximum atomic E-state index is 12.7. The fourth-order valence-corrected chi connectivity index (χ4v) is 0.978. The van der Waals surface area contributed by atoms with Gasteiger partial charge in [-0.2, -0.15) is 0 Å². The van der Waals surface area contributed by atoms with E-state index in [0.29, 0.717) is 18.9 Å². The van der Waals surface area contributed by atoms with Crippen molar-refractivity contribution in [1.82, 2.24) is 0 Å². The molecule has 1 aromatic rings. The summed E-state index contributed by atoms with van der Waals surface area (Å²) in [5.74, 6) is 0.171. The van der Waals surface area contributed by atoms with Gasteiger partial charge >= 0.3 is 0 Å². The Morgan fingerprint density at radius 1 is 1.50 bits per heavy atom. The molecule has 0 aliphatic rings. The second-order valence-corrected chi connectivity index (χ2v) is 2.86. The van der Waals surface area contributed by atoms with Crippen LogP contribution in [-0.4, -0.2) is 26.4 Å². The van der Waals surface area contributed by atoms with Crippen LogP contribution in [0.1, 0.15) is 0 Å². The Bertz CT molecular complexity index is 277. The van der Waals surface area contributed by atoms with Gasteiger partial charge in [0.15, 0.2) is 0 Å². The van der Waals surface area contributed by atoms with Gasteiger partial charge in [-0.3, -0.25) is 0 Å². The molecule has 78 valence electrons. The lowest BCUT2D eigenvalue weighted by Crippen LogP contribution is -2.28. The van der Waals surface area contributed by atoms with E-state index < -0.39 is 0 Å². The van der Waals surface area contributed by atoms with Crippen LogP contribution < -0.4 is 10.5 Å². The summed E-state index contributed by atoms with van der Waals surface area (Å²) < 4.78 is 23.0. The summed E-state index contributed by atoms with van der Waals surface area (Å²) in [5.41, 5.74) is 5.40. The largest absolute Gasteiger partial charge is 0.491 e. The van der Waals surface area contributed by atoms with E-state index in [1.165, 1.54) is 12.1 Å². The predicted molar refractivity (Wildman–Crippen MR) is 51.7 cm³/mol. The topological polar surface area (TPSA) is 44.5 Å². The maximum absolute atomic E-state index is 12.7. The van der Waals surface area contributed by atoms with Crippen molar-refractivity contribution in [3.8, 4) is 5.75 Å². The minimum Gasteiger partial charge on any atom is -0.491 e. The lowest BCUT2D eigenvalue weighted by Gasteiger charge is -2.13. The van der Waals surface area contributed by atoms with Crippen molar-refractivity contribution < 1.29 is 13.9 Å². The van der Waals surface area contributed by atoms with E-state index in [9.17, 15) is 4.39 Å². The van der Waals surface area contributed by atoms with Gasteiger partial charge in [0.25, 0.3) is 0 Å². The molecule has 0 aliphatic heterocycles. The average molecular weight is 199 g/mol. The fraction of sp³-hybridized carbons (Fsp3) is 0.400.